The Balaban J connectivity index is 1.92. The van der Waals surface area contributed by atoms with Crippen molar-refractivity contribution in [3.63, 3.8) is 0 Å². The Labute approximate surface area is 86.7 Å². The van der Waals surface area contributed by atoms with Crippen LogP contribution in [0.2, 0.25) is 0 Å². The summed E-state index contributed by atoms with van der Waals surface area (Å²) in [6.45, 7) is 5.67. The second-order valence-corrected chi connectivity index (χ2v) is 4.89. The average molecular weight is 198 g/mol. The molecule has 1 aliphatic carbocycles. The predicted molar refractivity (Wildman–Crippen MR) is 57.3 cm³/mol. The van der Waals surface area contributed by atoms with Gasteiger partial charge in [0.2, 0.25) is 0 Å². The fourth-order valence-electron chi connectivity index (χ4n) is 2.72. The largest absolute Gasteiger partial charge is 0.391 e. The fourth-order valence-corrected chi connectivity index (χ4v) is 2.72. The van der Waals surface area contributed by atoms with Crippen molar-refractivity contribution in [3.8, 4) is 0 Å². The topological polar surface area (TPSA) is 26.7 Å². The third-order valence-corrected chi connectivity index (χ3v) is 3.90. The monoisotopic (exact) mass is 198 g/mol. The van der Waals surface area contributed by atoms with E-state index in [-0.39, 0.29) is 6.10 Å². The zero-order valence-corrected chi connectivity index (χ0v) is 9.32. The zero-order chi connectivity index (χ0) is 10.1. The number of hydrogen-bond donors (Lipinski definition) is 1. The summed E-state index contributed by atoms with van der Waals surface area (Å²) in [5.74, 6) is 0. The van der Waals surface area contributed by atoms with Gasteiger partial charge in [-0.15, -0.1) is 0 Å². The number of nitrogens with zero attached hydrogens (tertiary/aromatic N) is 2. The third kappa shape index (κ3) is 1.95. The molecule has 1 N–H and O–H groups in total. The van der Waals surface area contributed by atoms with Gasteiger partial charge in [-0.1, -0.05) is 0 Å². The van der Waals surface area contributed by atoms with E-state index < -0.39 is 0 Å². The molecule has 14 heavy (non-hydrogen) atoms. The molecular weight excluding hydrogens is 176 g/mol. The van der Waals surface area contributed by atoms with Crippen LogP contribution < -0.4 is 0 Å². The molecule has 3 atom stereocenters. The van der Waals surface area contributed by atoms with Crippen LogP contribution in [0.4, 0.5) is 0 Å². The van der Waals surface area contributed by atoms with E-state index >= 15 is 0 Å². The number of hydrogen-bond acceptors (Lipinski definition) is 3. The number of rotatable bonds is 1. The van der Waals surface area contributed by atoms with E-state index in [9.17, 15) is 5.11 Å². The lowest BCUT2D eigenvalue weighted by Crippen LogP contribution is -2.55. The van der Waals surface area contributed by atoms with Gasteiger partial charge in [-0.25, -0.2) is 0 Å². The van der Waals surface area contributed by atoms with Crippen LogP contribution in [0.5, 0.6) is 0 Å². The summed E-state index contributed by atoms with van der Waals surface area (Å²) >= 11 is 0. The van der Waals surface area contributed by atoms with Crippen molar-refractivity contribution in [1.29, 1.82) is 0 Å². The fraction of sp³-hybridized carbons (Fsp3) is 1.00. The van der Waals surface area contributed by atoms with Crippen molar-refractivity contribution in [1.82, 2.24) is 9.80 Å². The van der Waals surface area contributed by atoms with E-state index in [1.165, 1.54) is 12.8 Å². The van der Waals surface area contributed by atoms with E-state index in [0.717, 1.165) is 26.1 Å². The second-order valence-electron chi connectivity index (χ2n) is 4.89. The first-order valence-corrected chi connectivity index (χ1v) is 5.81. The van der Waals surface area contributed by atoms with Crippen molar-refractivity contribution < 1.29 is 5.11 Å². The Bertz CT molecular complexity index is 198. The van der Waals surface area contributed by atoms with Crippen LogP contribution in [0.25, 0.3) is 0 Å². The van der Waals surface area contributed by atoms with Gasteiger partial charge in [-0.3, -0.25) is 4.90 Å². The number of aliphatic hydroxyl groups is 1. The molecule has 0 bridgehead atoms. The molecule has 82 valence electrons. The van der Waals surface area contributed by atoms with E-state index in [1.54, 1.807) is 0 Å². The lowest BCUT2D eigenvalue weighted by Gasteiger charge is -2.41. The molecule has 0 spiro atoms. The van der Waals surface area contributed by atoms with Crippen molar-refractivity contribution in [2.45, 2.75) is 44.4 Å². The summed E-state index contributed by atoms with van der Waals surface area (Å²) in [4.78, 5) is 4.89. The maximum atomic E-state index is 9.84. The van der Waals surface area contributed by atoms with Crippen LogP contribution in [-0.4, -0.2) is 59.8 Å². The molecule has 1 saturated carbocycles. The van der Waals surface area contributed by atoms with Gasteiger partial charge in [-0.2, -0.15) is 0 Å². The van der Waals surface area contributed by atoms with E-state index in [0.29, 0.717) is 12.1 Å². The first-order chi connectivity index (χ1) is 6.68. The summed E-state index contributed by atoms with van der Waals surface area (Å²) in [6, 6.07) is 1.09. The maximum Gasteiger partial charge on any atom is 0.0695 e. The molecular formula is C11H22N2O. The highest BCUT2D eigenvalue weighted by atomic mass is 16.3. The SMILES string of the molecule is CC1CN([C@@H]2CCC[C@H]2O)CCN1C. The summed E-state index contributed by atoms with van der Waals surface area (Å²) in [5.41, 5.74) is 0. The smallest absolute Gasteiger partial charge is 0.0695 e. The van der Waals surface area contributed by atoms with Crippen molar-refractivity contribution in [3.05, 3.63) is 0 Å². The molecule has 0 aromatic rings. The summed E-state index contributed by atoms with van der Waals surface area (Å²) < 4.78 is 0. The number of likely N-dealkylation sites (N-methyl/N-ethyl adjacent to an activating group) is 1. The molecule has 0 radical (unpaired) electrons. The third-order valence-electron chi connectivity index (χ3n) is 3.90. The van der Waals surface area contributed by atoms with Gasteiger partial charge in [0.15, 0.2) is 0 Å². The van der Waals surface area contributed by atoms with Crippen molar-refractivity contribution >= 4 is 0 Å². The lowest BCUT2D eigenvalue weighted by atomic mass is 10.1. The van der Waals surface area contributed by atoms with Crippen LogP contribution >= 0.6 is 0 Å². The number of piperazine rings is 1. The molecule has 2 rings (SSSR count). The van der Waals surface area contributed by atoms with E-state index in [4.69, 9.17) is 0 Å². The summed E-state index contributed by atoms with van der Waals surface area (Å²) in [7, 11) is 2.19. The van der Waals surface area contributed by atoms with Gasteiger partial charge in [0.25, 0.3) is 0 Å². The molecule has 1 saturated heterocycles. The molecule has 0 aromatic carbocycles. The Morgan fingerprint density at radius 3 is 2.57 bits per heavy atom. The normalized spacial score (nSPS) is 41.8. The molecule has 3 nitrogen and oxygen atoms in total. The second kappa shape index (κ2) is 4.17. The molecule has 2 fully saturated rings. The lowest BCUT2D eigenvalue weighted by molar-refractivity contribution is 0.0218. The van der Waals surface area contributed by atoms with Gasteiger partial charge in [0.05, 0.1) is 6.10 Å². The standard InChI is InChI=1S/C11H22N2O/c1-9-8-13(7-6-12(9)2)10-4-3-5-11(10)14/h9-11,14H,3-8H2,1-2H3/t9?,10-,11-/m1/s1. The predicted octanol–water partition coefficient (Wildman–Crippen LogP) is 0.536. The molecule has 1 heterocycles. The van der Waals surface area contributed by atoms with Crippen LogP contribution in [-0.2, 0) is 0 Å². The molecule has 1 unspecified atom stereocenters. The zero-order valence-electron chi connectivity index (χ0n) is 9.32. The van der Waals surface area contributed by atoms with Gasteiger partial charge in [0, 0.05) is 31.7 Å². The van der Waals surface area contributed by atoms with Crippen LogP contribution in [0, 0.1) is 0 Å². The highest BCUT2D eigenvalue weighted by molar-refractivity contribution is 4.89. The minimum absolute atomic E-state index is 0.0643. The number of aliphatic hydroxyl groups excluding tert-OH is 1. The Kier molecular flexibility index (Phi) is 3.10. The van der Waals surface area contributed by atoms with Crippen molar-refractivity contribution in [2.75, 3.05) is 26.7 Å². The molecule has 3 heteroatoms. The highest BCUT2D eigenvalue weighted by Gasteiger charge is 2.33. The van der Waals surface area contributed by atoms with Crippen LogP contribution in [0.15, 0.2) is 0 Å². The average Bonchev–Trinajstić information content (AvgIpc) is 2.57. The molecule has 2 aliphatic rings. The van der Waals surface area contributed by atoms with E-state index in [1.807, 2.05) is 0 Å². The quantitative estimate of drug-likeness (QED) is 0.666. The molecule has 0 aromatic heterocycles. The van der Waals surface area contributed by atoms with Crippen molar-refractivity contribution in [2.24, 2.45) is 0 Å². The molecule has 1 aliphatic heterocycles. The summed E-state index contributed by atoms with van der Waals surface area (Å²) in [6.07, 6.45) is 3.33. The van der Waals surface area contributed by atoms with Crippen LogP contribution in [0.1, 0.15) is 26.2 Å². The van der Waals surface area contributed by atoms with Gasteiger partial charge < -0.3 is 10.0 Å². The van der Waals surface area contributed by atoms with Gasteiger partial charge in [0.1, 0.15) is 0 Å². The molecule has 0 amide bonds. The first kappa shape index (κ1) is 10.4. The van der Waals surface area contributed by atoms with E-state index in [2.05, 4.69) is 23.8 Å². The maximum absolute atomic E-state index is 9.84. The minimum atomic E-state index is -0.0643. The summed E-state index contributed by atoms with van der Waals surface area (Å²) in [5, 5.41) is 9.84. The van der Waals surface area contributed by atoms with Gasteiger partial charge in [-0.05, 0) is 33.2 Å². The van der Waals surface area contributed by atoms with Crippen LogP contribution in [0.3, 0.4) is 0 Å². The Morgan fingerprint density at radius 1 is 1.21 bits per heavy atom. The highest BCUT2D eigenvalue weighted by Crippen LogP contribution is 2.25. The van der Waals surface area contributed by atoms with Gasteiger partial charge >= 0.3 is 0 Å². The minimum Gasteiger partial charge on any atom is -0.391 e. The first-order valence-electron chi connectivity index (χ1n) is 5.81. The Morgan fingerprint density at radius 2 is 2.00 bits per heavy atom. The Hall–Kier alpha value is -0.120.